The summed E-state index contributed by atoms with van der Waals surface area (Å²) < 4.78 is 30.1. The molecule has 6 nitrogen and oxygen atoms in total. The molecule has 2 heterocycles. The van der Waals surface area contributed by atoms with Gasteiger partial charge in [0, 0.05) is 37.1 Å². The molecule has 3 rings (SSSR count). The smallest absolute Gasteiger partial charge is 0.289 e. The maximum absolute atomic E-state index is 12.7. The van der Waals surface area contributed by atoms with Crippen LogP contribution >= 0.6 is 11.6 Å². The minimum absolute atomic E-state index is 0.233. The second-order valence-corrected chi connectivity index (χ2v) is 8.02. The molecule has 0 N–H and O–H groups in total. The first-order chi connectivity index (χ1) is 10.8. The second kappa shape index (κ2) is 5.81. The Morgan fingerprint density at radius 2 is 1.87 bits per heavy atom. The minimum atomic E-state index is -3.22. The lowest BCUT2D eigenvalue weighted by atomic mass is 10.1. The van der Waals surface area contributed by atoms with Crippen LogP contribution in [0.4, 0.5) is 0 Å². The number of fused-ring (bicyclic) bond motifs is 1. The number of nitrogens with zero attached hydrogens (tertiary/aromatic N) is 2. The van der Waals surface area contributed by atoms with E-state index in [1.54, 1.807) is 11.0 Å². The summed E-state index contributed by atoms with van der Waals surface area (Å²) in [5.41, 5.74) is 1.25. The molecular weight excluding hydrogens is 340 g/mol. The summed E-state index contributed by atoms with van der Waals surface area (Å²) in [7, 11) is -3.22. The molecule has 0 unspecified atom stereocenters. The van der Waals surface area contributed by atoms with Crippen LogP contribution in [0.1, 0.15) is 16.1 Å². The Kier molecular flexibility index (Phi) is 4.12. The molecule has 0 spiro atoms. The Bertz CT molecular complexity index is 867. The maximum atomic E-state index is 12.7. The van der Waals surface area contributed by atoms with Crippen LogP contribution in [-0.2, 0) is 10.0 Å². The number of hydrogen-bond donors (Lipinski definition) is 0. The van der Waals surface area contributed by atoms with Gasteiger partial charge in [0.2, 0.25) is 10.0 Å². The molecule has 0 aliphatic carbocycles. The first kappa shape index (κ1) is 16.3. The van der Waals surface area contributed by atoms with Crippen molar-refractivity contribution >= 4 is 38.5 Å². The Morgan fingerprint density at radius 1 is 1.22 bits per heavy atom. The number of halogens is 1. The normalized spacial score (nSPS) is 16.9. The van der Waals surface area contributed by atoms with Gasteiger partial charge < -0.3 is 9.32 Å². The van der Waals surface area contributed by atoms with Crippen molar-refractivity contribution in [2.45, 2.75) is 6.92 Å². The van der Waals surface area contributed by atoms with Crippen LogP contribution in [0.3, 0.4) is 0 Å². The maximum Gasteiger partial charge on any atom is 0.289 e. The van der Waals surface area contributed by atoms with Crippen molar-refractivity contribution in [3.63, 3.8) is 0 Å². The number of para-hydroxylation sites is 1. The molecule has 23 heavy (non-hydrogen) atoms. The molecule has 1 aromatic carbocycles. The Hall–Kier alpha value is -1.57. The van der Waals surface area contributed by atoms with Crippen molar-refractivity contribution in [3.8, 4) is 0 Å². The minimum Gasteiger partial charge on any atom is -0.449 e. The van der Waals surface area contributed by atoms with Gasteiger partial charge in [0.05, 0.1) is 11.3 Å². The van der Waals surface area contributed by atoms with Crippen LogP contribution in [0.2, 0.25) is 5.02 Å². The van der Waals surface area contributed by atoms with E-state index < -0.39 is 10.0 Å². The van der Waals surface area contributed by atoms with Gasteiger partial charge in [-0.25, -0.2) is 8.42 Å². The fourth-order valence-electron chi connectivity index (χ4n) is 2.78. The molecule has 0 saturated carbocycles. The van der Waals surface area contributed by atoms with Gasteiger partial charge in [-0.05, 0) is 13.0 Å². The monoisotopic (exact) mass is 356 g/mol. The van der Waals surface area contributed by atoms with Crippen molar-refractivity contribution in [1.29, 1.82) is 0 Å². The molecule has 1 aliphatic heterocycles. The predicted octanol–water partition coefficient (Wildman–Crippen LogP) is 2.11. The average Bonchev–Trinajstić information content (AvgIpc) is 2.85. The molecule has 0 atom stereocenters. The molecule has 1 aromatic heterocycles. The van der Waals surface area contributed by atoms with Crippen molar-refractivity contribution in [1.82, 2.24) is 9.21 Å². The van der Waals surface area contributed by atoms with E-state index in [-0.39, 0.29) is 11.7 Å². The number of carbonyl (C=O) groups excluding carboxylic acids is 1. The number of sulfonamides is 1. The third-order valence-electron chi connectivity index (χ3n) is 4.10. The van der Waals surface area contributed by atoms with Crippen LogP contribution in [0.25, 0.3) is 11.0 Å². The van der Waals surface area contributed by atoms with E-state index in [9.17, 15) is 13.2 Å². The highest BCUT2D eigenvalue weighted by atomic mass is 35.5. The van der Waals surface area contributed by atoms with Crippen molar-refractivity contribution in [2.24, 2.45) is 0 Å². The highest BCUT2D eigenvalue weighted by Crippen LogP contribution is 2.31. The van der Waals surface area contributed by atoms with Gasteiger partial charge in [-0.15, -0.1) is 0 Å². The van der Waals surface area contributed by atoms with Crippen molar-refractivity contribution in [3.05, 3.63) is 34.5 Å². The molecule has 1 amide bonds. The predicted molar refractivity (Wildman–Crippen MR) is 88.3 cm³/mol. The van der Waals surface area contributed by atoms with Gasteiger partial charge in [0.15, 0.2) is 11.3 Å². The van der Waals surface area contributed by atoms with E-state index in [0.717, 1.165) is 10.9 Å². The lowest BCUT2D eigenvalue weighted by Gasteiger charge is -2.32. The first-order valence-corrected chi connectivity index (χ1v) is 9.43. The Balaban J connectivity index is 1.85. The first-order valence-electron chi connectivity index (χ1n) is 7.21. The van der Waals surface area contributed by atoms with E-state index >= 15 is 0 Å². The summed E-state index contributed by atoms with van der Waals surface area (Å²) in [6.07, 6.45) is 1.18. The molecular formula is C15H17ClN2O4S. The largest absolute Gasteiger partial charge is 0.449 e. The summed E-state index contributed by atoms with van der Waals surface area (Å²) in [4.78, 5) is 14.3. The van der Waals surface area contributed by atoms with Gasteiger partial charge in [-0.2, -0.15) is 4.31 Å². The SMILES string of the molecule is Cc1c(C(=O)N2CCN(S(C)(=O)=O)CC2)oc2c(Cl)cccc12. The molecule has 1 saturated heterocycles. The Labute approximate surface area is 139 Å². The van der Waals surface area contributed by atoms with E-state index in [0.29, 0.717) is 36.8 Å². The standard InChI is InChI=1S/C15H17ClN2O4S/c1-10-11-4-3-5-12(16)14(11)22-13(10)15(19)17-6-8-18(9-7-17)23(2,20)21/h3-5H,6-9H2,1-2H3. The lowest BCUT2D eigenvalue weighted by molar-refractivity contribution is 0.0667. The van der Waals surface area contributed by atoms with Crippen molar-refractivity contribution in [2.75, 3.05) is 32.4 Å². The highest BCUT2D eigenvalue weighted by molar-refractivity contribution is 7.88. The quantitative estimate of drug-likeness (QED) is 0.826. The Morgan fingerprint density at radius 3 is 2.43 bits per heavy atom. The molecule has 8 heteroatoms. The lowest BCUT2D eigenvalue weighted by Crippen LogP contribution is -2.50. The van der Waals surface area contributed by atoms with Crippen LogP contribution in [0.5, 0.6) is 0 Å². The van der Waals surface area contributed by atoms with Gasteiger partial charge in [0.1, 0.15) is 0 Å². The third kappa shape index (κ3) is 2.96. The molecule has 2 aromatic rings. The number of hydrogen-bond acceptors (Lipinski definition) is 4. The van der Waals surface area contributed by atoms with Gasteiger partial charge in [-0.1, -0.05) is 23.7 Å². The fourth-order valence-corrected chi connectivity index (χ4v) is 3.82. The molecule has 1 fully saturated rings. The van der Waals surface area contributed by atoms with Crippen LogP contribution in [0.15, 0.2) is 22.6 Å². The number of amides is 1. The molecule has 124 valence electrons. The summed E-state index contributed by atoms with van der Waals surface area (Å²) in [5, 5.41) is 1.28. The molecule has 0 bridgehead atoms. The second-order valence-electron chi connectivity index (χ2n) is 5.63. The van der Waals surface area contributed by atoms with Gasteiger partial charge in [0.25, 0.3) is 5.91 Å². The number of rotatable bonds is 2. The van der Waals surface area contributed by atoms with Gasteiger partial charge in [-0.3, -0.25) is 4.79 Å². The number of furan rings is 1. The zero-order valence-electron chi connectivity index (χ0n) is 12.9. The third-order valence-corrected chi connectivity index (χ3v) is 5.71. The summed E-state index contributed by atoms with van der Waals surface area (Å²) in [6, 6.07) is 5.39. The van der Waals surface area contributed by atoms with Crippen LogP contribution in [-0.4, -0.2) is 56.0 Å². The zero-order chi connectivity index (χ0) is 16.8. The van der Waals surface area contributed by atoms with E-state index in [4.69, 9.17) is 16.0 Å². The molecule has 1 aliphatic rings. The van der Waals surface area contributed by atoms with Gasteiger partial charge >= 0.3 is 0 Å². The summed E-state index contributed by atoms with van der Waals surface area (Å²) in [5.74, 6) is 0.0313. The number of carbonyl (C=O) groups is 1. The van der Waals surface area contributed by atoms with Crippen LogP contribution < -0.4 is 0 Å². The average molecular weight is 357 g/mol. The van der Waals surface area contributed by atoms with E-state index in [2.05, 4.69) is 0 Å². The van der Waals surface area contributed by atoms with Crippen LogP contribution in [0, 0.1) is 6.92 Å². The highest BCUT2D eigenvalue weighted by Gasteiger charge is 2.29. The summed E-state index contributed by atoms with van der Waals surface area (Å²) in [6.45, 7) is 3.10. The fraction of sp³-hybridized carbons (Fsp3) is 0.400. The number of benzene rings is 1. The van der Waals surface area contributed by atoms with E-state index in [1.807, 2.05) is 19.1 Å². The topological polar surface area (TPSA) is 70.8 Å². The number of piperazine rings is 1. The van der Waals surface area contributed by atoms with Crippen molar-refractivity contribution < 1.29 is 17.6 Å². The number of aryl methyl sites for hydroxylation is 1. The van der Waals surface area contributed by atoms with E-state index in [1.165, 1.54) is 10.6 Å². The molecule has 0 radical (unpaired) electrons. The summed E-state index contributed by atoms with van der Waals surface area (Å²) >= 11 is 6.11. The zero-order valence-corrected chi connectivity index (χ0v) is 14.4.